The predicted molar refractivity (Wildman–Crippen MR) is 98.9 cm³/mol. The quantitative estimate of drug-likeness (QED) is 0.818. The van der Waals surface area contributed by atoms with Gasteiger partial charge in [0.05, 0.1) is 5.92 Å². The number of hydrogen-bond acceptors (Lipinski definition) is 5. The predicted octanol–water partition coefficient (Wildman–Crippen LogP) is 1.94. The van der Waals surface area contributed by atoms with E-state index in [9.17, 15) is 4.79 Å². The third-order valence-electron chi connectivity index (χ3n) is 5.79. The van der Waals surface area contributed by atoms with Crippen LogP contribution in [0.2, 0.25) is 0 Å². The van der Waals surface area contributed by atoms with E-state index in [4.69, 9.17) is 4.98 Å². The summed E-state index contributed by atoms with van der Waals surface area (Å²) in [5, 5.41) is 0. The molecular formula is C19H29N5O. The van der Waals surface area contributed by atoms with Gasteiger partial charge in [0.1, 0.15) is 5.82 Å². The Morgan fingerprint density at radius 3 is 2.64 bits per heavy atom. The molecule has 6 heteroatoms. The van der Waals surface area contributed by atoms with Crippen LogP contribution in [0.3, 0.4) is 0 Å². The summed E-state index contributed by atoms with van der Waals surface area (Å²) in [6, 6.07) is 2.45. The van der Waals surface area contributed by atoms with Gasteiger partial charge in [-0.25, -0.2) is 4.98 Å². The molecule has 0 spiro atoms. The second-order valence-electron chi connectivity index (χ2n) is 8.03. The maximum Gasteiger partial charge on any atom is 0.227 e. The lowest BCUT2D eigenvalue weighted by Crippen LogP contribution is -2.48. The summed E-state index contributed by atoms with van der Waals surface area (Å²) in [7, 11) is 3.96. The molecule has 0 N–H and O–H groups in total. The van der Waals surface area contributed by atoms with Crippen molar-refractivity contribution in [2.24, 2.45) is 11.8 Å². The van der Waals surface area contributed by atoms with Crippen LogP contribution >= 0.6 is 0 Å². The number of aryl methyl sites for hydroxylation is 1. The molecular weight excluding hydrogens is 314 g/mol. The maximum atomic E-state index is 12.9. The lowest BCUT2D eigenvalue weighted by Gasteiger charge is -2.36. The fourth-order valence-electron chi connectivity index (χ4n) is 4.06. The SMILES string of the molecule is CCc1cc(N2C[C@H]3CC[C@@H](C2)N(CC2CC2)C3=O)nc(N(C)C)n1. The Bertz CT molecular complexity index is 657. The van der Waals surface area contributed by atoms with E-state index >= 15 is 0 Å². The van der Waals surface area contributed by atoms with Crippen LogP contribution in [0.4, 0.5) is 11.8 Å². The third-order valence-corrected chi connectivity index (χ3v) is 5.79. The summed E-state index contributed by atoms with van der Waals surface area (Å²) >= 11 is 0. The molecule has 5 rings (SSSR count). The van der Waals surface area contributed by atoms with E-state index in [1.165, 1.54) is 12.8 Å². The summed E-state index contributed by atoms with van der Waals surface area (Å²) in [6.07, 6.45) is 5.63. The summed E-state index contributed by atoms with van der Waals surface area (Å²) in [5.41, 5.74) is 1.06. The lowest BCUT2D eigenvalue weighted by molar-refractivity contribution is -0.140. The Kier molecular flexibility index (Phi) is 4.29. The van der Waals surface area contributed by atoms with E-state index in [0.29, 0.717) is 11.9 Å². The summed E-state index contributed by atoms with van der Waals surface area (Å²) in [6.45, 7) is 4.80. The van der Waals surface area contributed by atoms with Gasteiger partial charge in [-0.3, -0.25) is 4.79 Å². The highest BCUT2D eigenvalue weighted by atomic mass is 16.2. The number of anilines is 2. The maximum absolute atomic E-state index is 12.9. The number of carbonyl (C=O) groups is 1. The molecule has 25 heavy (non-hydrogen) atoms. The highest BCUT2D eigenvalue weighted by Gasteiger charge is 2.42. The van der Waals surface area contributed by atoms with Gasteiger partial charge < -0.3 is 14.7 Å². The van der Waals surface area contributed by atoms with Crippen molar-refractivity contribution in [2.75, 3.05) is 43.5 Å². The van der Waals surface area contributed by atoms with Crippen molar-refractivity contribution in [3.8, 4) is 0 Å². The standard InChI is InChI=1S/C19H29N5O/c1-4-15-9-17(21-19(20-15)22(2)3)23-11-14-7-8-16(12-23)24(18(14)25)10-13-5-6-13/h9,13-14,16H,4-8,10-12H2,1-3H3/t14-,16+/m1/s1. The van der Waals surface area contributed by atoms with E-state index in [2.05, 4.69) is 27.8 Å². The second-order valence-corrected chi connectivity index (χ2v) is 8.03. The first-order valence-corrected chi connectivity index (χ1v) is 9.66. The lowest BCUT2D eigenvalue weighted by atomic mass is 9.94. The Morgan fingerprint density at radius 2 is 1.96 bits per heavy atom. The summed E-state index contributed by atoms with van der Waals surface area (Å²) in [5.74, 6) is 2.99. The van der Waals surface area contributed by atoms with Gasteiger partial charge in [-0.05, 0) is 38.0 Å². The molecule has 2 atom stereocenters. The first-order valence-electron chi connectivity index (χ1n) is 9.66. The third kappa shape index (κ3) is 3.31. The van der Waals surface area contributed by atoms with Gasteiger partial charge >= 0.3 is 0 Å². The highest BCUT2D eigenvalue weighted by molar-refractivity contribution is 5.81. The molecule has 0 aromatic carbocycles. The zero-order chi connectivity index (χ0) is 17.6. The van der Waals surface area contributed by atoms with Crippen LogP contribution in [-0.4, -0.2) is 60.5 Å². The van der Waals surface area contributed by atoms with Crippen molar-refractivity contribution < 1.29 is 4.79 Å². The van der Waals surface area contributed by atoms with Crippen molar-refractivity contribution in [3.63, 3.8) is 0 Å². The van der Waals surface area contributed by atoms with Crippen molar-refractivity contribution in [3.05, 3.63) is 11.8 Å². The number of amides is 1. The molecule has 2 bridgehead atoms. The molecule has 1 aliphatic carbocycles. The van der Waals surface area contributed by atoms with E-state index in [1.54, 1.807) is 0 Å². The molecule has 3 aliphatic heterocycles. The Morgan fingerprint density at radius 1 is 1.16 bits per heavy atom. The van der Waals surface area contributed by atoms with Crippen LogP contribution in [0.1, 0.15) is 38.3 Å². The van der Waals surface area contributed by atoms with Crippen molar-refractivity contribution in [1.82, 2.24) is 14.9 Å². The number of piperidine rings is 1. The second kappa shape index (κ2) is 6.46. The minimum atomic E-state index is 0.125. The van der Waals surface area contributed by atoms with Gasteiger partial charge in [-0.1, -0.05) is 6.92 Å². The van der Waals surface area contributed by atoms with Crippen LogP contribution in [0, 0.1) is 11.8 Å². The van der Waals surface area contributed by atoms with E-state index in [1.807, 2.05) is 19.0 Å². The number of carbonyl (C=O) groups excluding carboxylic acids is 1. The Hall–Kier alpha value is -1.85. The van der Waals surface area contributed by atoms with Gasteiger partial charge in [0, 0.05) is 51.5 Å². The molecule has 0 radical (unpaired) electrons. The summed E-state index contributed by atoms with van der Waals surface area (Å²) in [4.78, 5) is 28.8. The van der Waals surface area contributed by atoms with Crippen LogP contribution in [0.5, 0.6) is 0 Å². The zero-order valence-corrected chi connectivity index (χ0v) is 15.6. The van der Waals surface area contributed by atoms with Gasteiger partial charge in [-0.2, -0.15) is 4.98 Å². The smallest absolute Gasteiger partial charge is 0.227 e. The van der Waals surface area contributed by atoms with Crippen LogP contribution in [-0.2, 0) is 11.2 Å². The van der Waals surface area contributed by atoms with Gasteiger partial charge in [0.2, 0.25) is 11.9 Å². The van der Waals surface area contributed by atoms with Crippen LogP contribution in [0.25, 0.3) is 0 Å². The molecule has 1 aromatic heterocycles. The first kappa shape index (κ1) is 16.6. The van der Waals surface area contributed by atoms with E-state index in [-0.39, 0.29) is 5.92 Å². The molecule has 136 valence electrons. The minimum absolute atomic E-state index is 0.125. The van der Waals surface area contributed by atoms with Crippen LogP contribution in [0.15, 0.2) is 6.07 Å². The molecule has 4 heterocycles. The molecule has 6 nitrogen and oxygen atoms in total. The van der Waals surface area contributed by atoms with Crippen molar-refractivity contribution in [1.29, 1.82) is 0 Å². The normalized spacial score (nSPS) is 26.1. The van der Waals surface area contributed by atoms with Gasteiger partial charge in [0.25, 0.3) is 0 Å². The summed E-state index contributed by atoms with van der Waals surface area (Å²) < 4.78 is 0. The number of aromatic nitrogens is 2. The van der Waals surface area contributed by atoms with E-state index in [0.717, 1.165) is 62.3 Å². The van der Waals surface area contributed by atoms with Gasteiger partial charge in [0.15, 0.2) is 0 Å². The fraction of sp³-hybridized carbons (Fsp3) is 0.737. The number of hydrogen-bond donors (Lipinski definition) is 0. The molecule has 1 saturated carbocycles. The molecule has 3 saturated heterocycles. The molecule has 1 aromatic rings. The number of rotatable bonds is 5. The number of nitrogens with zero attached hydrogens (tertiary/aromatic N) is 5. The molecule has 0 unspecified atom stereocenters. The van der Waals surface area contributed by atoms with Crippen molar-refractivity contribution >= 4 is 17.7 Å². The average Bonchev–Trinajstić information content (AvgIpc) is 3.44. The molecule has 1 amide bonds. The topological polar surface area (TPSA) is 52.6 Å². The number of fused-ring (bicyclic) bond motifs is 4. The zero-order valence-electron chi connectivity index (χ0n) is 15.6. The minimum Gasteiger partial charge on any atom is -0.354 e. The van der Waals surface area contributed by atoms with Gasteiger partial charge in [-0.15, -0.1) is 0 Å². The molecule has 4 aliphatic rings. The largest absolute Gasteiger partial charge is 0.354 e. The highest BCUT2D eigenvalue weighted by Crippen LogP contribution is 2.36. The molecule has 4 fully saturated rings. The van der Waals surface area contributed by atoms with Crippen LogP contribution < -0.4 is 9.80 Å². The van der Waals surface area contributed by atoms with E-state index < -0.39 is 0 Å². The average molecular weight is 343 g/mol. The fourth-order valence-corrected chi connectivity index (χ4v) is 4.06. The Balaban J connectivity index is 1.61. The monoisotopic (exact) mass is 343 g/mol. The van der Waals surface area contributed by atoms with Crippen molar-refractivity contribution in [2.45, 2.75) is 45.1 Å². The Labute approximate surface area is 150 Å². The first-order chi connectivity index (χ1) is 12.0.